The molecule has 0 saturated carbocycles. The van der Waals surface area contributed by atoms with Gasteiger partial charge in [-0.1, -0.05) is 0 Å². The molecule has 0 spiro atoms. The third-order valence-electron chi connectivity index (χ3n) is 2.62. The zero-order chi connectivity index (χ0) is 9.52. The van der Waals surface area contributed by atoms with Gasteiger partial charge in [-0.15, -0.1) is 0 Å². The minimum absolute atomic E-state index is 0. The summed E-state index contributed by atoms with van der Waals surface area (Å²) in [5.41, 5.74) is 5.48. The van der Waals surface area contributed by atoms with Crippen LogP contribution in [0.3, 0.4) is 0 Å². The first-order valence-corrected chi connectivity index (χ1v) is 5.31. The first-order valence-electron chi connectivity index (χ1n) is 5.31. The molecule has 14 heavy (non-hydrogen) atoms. The molecule has 0 unspecified atom stereocenters. The fraction of sp³-hybridized carbons (Fsp3) is 0.900. The molecule has 0 aromatic carbocycles. The van der Waals surface area contributed by atoms with E-state index in [1.807, 2.05) is 0 Å². The van der Waals surface area contributed by atoms with Crippen LogP contribution in [0.2, 0.25) is 0 Å². The molecule has 1 radical (unpaired) electrons. The van der Waals surface area contributed by atoms with Crippen LogP contribution in [0.25, 0.3) is 0 Å². The molecule has 1 aliphatic heterocycles. The summed E-state index contributed by atoms with van der Waals surface area (Å²) in [5.74, 6) is 0. The molecule has 0 amide bonds. The van der Waals surface area contributed by atoms with Gasteiger partial charge in [0.1, 0.15) is 0 Å². The van der Waals surface area contributed by atoms with Crippen LogP contribution >= 0.6 is 0 Å². The van der Waals surface area contributed by atoms with Crippen LogP contribution in [0.5, 0.6) is 0 Å². The average Bonchev–Trinajstić information content (AvgIpc) is 2.17. The summed E-state index contributed by atoms with van der Waals surface area (Å²) in [5, 5.41) is 0. The molecule has 1 saturated heterocycles. The monoisotopic (exact) mass is 273 g/mol. The van der Waals surface area contributed by atoms with Crippen LogP contribution in [0, 0.1) is 6.92 Å². The van der Waals surface area contributed by atoms with Gasteiger partial charge in [0.15, 0.2) is 0 Å². The number of nitrogens with two attached hydrogens (primary N) is 1. The van der Waals surface area contributed by atoms with Crippen LogP contribution in [-0.2, 0) is 32.7 Å². The zero-order valence-corrected chi connectivity index (χ0v) is 12.0. The van der Waals surface area contributed by atoms with E-state index in [1.54, 1.807) is 0 Å². The number of hydrogen-bond donors (Lipinski definition) is 1. The predicted molar refractivity (Wildman–Crippen MR) is 56.5 cm³/mol. The van der Waals surface area contributed by atoms with E-state index in [-0.39, 0.29) is 32.7 Å². The van der Waals surface area contributed by atoms with E-state index < -0.39 is 0 Å². The van der Waals surface area contributed by atoms with Gasteiger partial charge in [-0.25, -0.2) is 0 Å². The maximum absolute atomic E-state index is 5.48. The Morgan fingerprint density at radius 1 is 1.00 bits per heavy atom. The van der Waals surface area contributed by atoms with Gasteiger partial charge in [-0.05, 0) is 26.1 Å². The standard InChI is InChI=1S/C10H22N3.Y/c1-2-5-12-7-9-13(10-8-12)6-3-4-11;/h1-11H2;/q-1;. The Kier molecular flexibility index (Phi) is 9.88. The van der Waals surface area contributed by atoms with Crippen LogP contribution < -0.4 is 5.73 Å². The number of nitrogens with zero attached hydrogens (tertiary/aromatic N) is 2. The third-order valence-corrected chi connectivity index (χ3v) is 2.62. The van der Waals surface area contributed by atoms with Crippen molar-refractivity contribution >= 4 is 0 Å². The second-order valence-electron chi connectivity index (χ2n) is 3.68. The molecule has 1 fully saturated rings. The molecule has 1 heterocycles. The summed E-state index contributed by atoms with van der Waals surface area (Å²) < 4.78 is 0. The molecule has 81 valence electrons. The normalized spacial score (nSPS) is 19.3. The van der Waals surface area contributed by atoms with Gasteiger partial charge in [0.2, 0.25) is 0 Å². The molecule has 1 rings (SSSR count). The van der Waals surface area contributed by atoms with E-state index >= 15 is 0 Å². The van der Waals surface area contributed by atoms with E-state index in [2.05, 4.69) is 16.7 Å². The molecular weight excluding hydrogens is 251 g/mol. The van der Waals surface area contributed by atoms with Crippen molar-refractivity contribution in [3.63, 3.8) is 0 Å². The second kappa shape index (κ2) is 9.23. The second-order valence-corrected chi connectivity index (χ2v) is 3.68. The summed E-state index contributed by atoms with van der Waals surface area (Å²) in [7, 11) is 0. The van der Waals surface area contributed by atoms with Crippen molar-refractivity contribution in [3.05, 3.63) is 6.92 Å². The Morgan fingerprint density at radius 2 is 1.50 bits per heavy atom. The van der Waals surface area contributed by atoms with Crippen LogP contribution in [0.15, 0.2) is 0 Å². The van der Waals surface area contributed by atoms with E-state index in [0.717, 1.165) is 25.9 Å². The summed E-state index contributed by atoms with van der Waals surface area (Å²) >= 11 is 0. The fourth-order valence-electron chi connectivity index (χ4n) is 1.78. The summed E-state index contributed by atoms with van der Waals surface area (Å²) in [6.07, 6.45) is 2.16. The third kappa shape index (κ3) is 5.77. The van der Waals surface area contributed by atoms with E-state index in [4.69, 9.17) is 5.73 Å². The minimum atomic E-state index is 0. The Labute approximate surface area is 113 Å². The van der Waals surface area contributed by atoms with Crippen molar-refractivity contribution in [1.29, 1.82) is 0 Å². The Morgan fingerprint density at radius 3 is 1.93 bits per heavy atom. The van der Waals surface area contributed by atoms with Gasteiger partial charge < -0.3 is 22.5 Å². The molecule has 0 bridgehead atoms. The molecule has 0 aromatic rings. The zero-order valence-electron chi connectivity index (χ0n) is 9.12. The molecule has 2 N–H and O–H groups in total. The van der Waals surface area contributed by atoms with Crippen molar-refractivity contribution in [2.45, 2.75) is 12.8 Å². The predicted octanol–water partition coefficient (Wildman–Crippen LogP) is 0.174. The SMILES string of the molecule is [CH2-]CCN1CCN(CCCN)CC1.[Y]. The smallest absolute Gasteiger partial charge is 0.0110 e. The summed E-state index contributed by atoms with van der Waals surface area (Å²) in [6, 6.07) is 0. The Bertz CT molecular complexity index is 125. The van der Waals surface area contributed by atoms with Gasteiger partial charge in [0, 0.05) is 58.9 Å². The number of piperazine rings is 1. The number of hydrogen-bond acceptors (Lipinski definition) is 3. The molecule has 3 nitrogen and oxygen atoms in total. The molecule has 0 atom stereocenters. The minimum Gasteiger partial charge on any atom is -0.342 e. The summed E-state index contributed by atoms with van der Waals surface area (Å²) in [6.45, 7) is 11.9. The van der Waals surface area contributed by atoms with Gasteiger partial charge in [0.05, 0.1) is 0 Å². The Balaban J connectivity index is 0.00000169. The molecular formula is C10H22N3Y-. The first kappa shape index (κ1) is 15.0. The van der Waals surface area contributed by atoms with Crippen molar-refractivity contribution in [2.75, 3.05) is 45.8 Å². The maximum Gasteiger partial charge on any atom is 0.0110 e. The van der Waals surface area contributed by atoms with Gasteiger partial charge in [0.25, 0.3) is 0 Å². The largest absolute Gasteiger partial charge is 0.342 e. The van der Waals surface area contributed by atoms with Gasteiger partial charge in [-0.3, -0.25) is 0 Å². The van der Waals surface area contributed by atoms with Gasteiger partial charge >= 0.3 is 0 Å². The quantitative estimate of drug-likeness (QED) is 0.725. The maximum atomic E-state index is 5.48. The van der Waals surface area contributed by atoms with Crippen molar-refractivity contribution in [3.8, 4) is 0 Å². The number of rotatable bonds is 5. The van der Waals surface area contributed by atoms with Crippen molar-refractivity contribution in [2.24, 2.45) is 5.73 Å². The van der Waals surface area contributed by atoms with Crippen LogP contribution in [0.1, 0.15) is 12.8 Å². The van der Waals surface area contributed by atoms with E-state index in [9.17, 15) is 0 Å². The first-order chi connectivity index (χ1) is 6.36. The summed E-state index contributed by atoms with van der Waals surface area (Å²) in [4.78, 5) is 5.00. The molecule has 0 aliphatic carbocycles. The molecule has 1 aliphatic rings. The van der Waals surface area contributed by atoms with E-state index in [1.165, 1.54) is 32.7 Å². The van der Waals surface area contributed by atoms with Crippen LogP contribution in [0.4, 0.5) is 0 Å². The van der Waals surface area contributed by atoms with Gasteiger partial charge in [-0.2, -0.15) is 6.42 Å². The van der Waals surface area contributed by atoms with E-state index in [0.29, 0.717) is 0 Å². The van der Waals surface area contributed by atoms with Crippen LogP contribution in [-0.4, -0.2) is 55.6 Å². The average molecular weight is 273 g/mol. The van der Waals surface area contributed by atoms with Crippen molar-refractivity contribution < 1.29 is 32.7 Å². The molecule has 0 aromatic heterocycles. The topological polar surface area (TPSA) is 32.5 Å². The molecule has 4 heteroatoms. The van der Waals surface area contributed by atoms with Crippen molar-refractivity contribution in [1.82, 2.24) is 9.80 Å². The Hall–Kier alpha value is 0.984. The fourth-order valence-corrected chi connectivity index (χ4v) is 1.78.